The highest BCUT2D eigenvalue weighted by Gasteiger charge is 2.67. The first kappa shape index (κ1) is 15.3. The quantitative estimate of drug-likeness (QED) is 0.742. The van der Waals surface area contributed by atoms with Gasteiger partial charge in [0.2, 0.25) is 0 Å². The smallest absolute Gasteiger partial charge is 0.147 e. The fourth-order valence-electron chi connectivity index (χ4n) is 3.36. The lowest BCUT2D eigenvalue weighted by Crippen LogP contribution is -2.22. The third-order valence-corrected chi connectivity index (χ3v) is 6.44. The third-order valence-electron chi connectivity index (χ3n) is 5.18. The van der Waals surface area contributed by atoms with Crippen molar-refractivity contribution in [1.29, 1.82) is 0 Å². The van der Waals surface area contributed by atoms with Gasteiger partial charge in [-0.15, -0.1) is 0 Å². The zero-order valence-corrected chi connectivity index (χ0v) is 14.3. The highest BCUT2D eigenvalue weighted by atomic mass is 79.9. The van der Waals surface area contributed by atoms with Crippen molar-refractivity contribution in [2.24, 2.45) is 16.7 Å². The Hall–Kier alpha value is -0.120. The first-order valence-corrected chi connectivity index (χ1v) is 7.64. The molecule has 1 aliphatic rings. The Morgan fingerprint density at radius 3 is 2.21 bits per heavy atom. The molecule has 4 heteroatoms. The van der Waals surface area contributed by atoms with Crippen LogP contribution in [0.5, 0.6) is 0 Å². The first-order valence-electron chi connectivity index (χ1n) is 6.47. The van der Waals surface area contributed by atoms with Crippen LogP contribution in [0.25, 0.3) is 0 Å². The minimum atomic E-state index is -0.325. The molecule has 19 heavy (non-hydrogen) atoms. The van der Waals surface area contributed by atoms with Crippen molar-refractivity contribution in [3.63, 3.8) is 0 Å². The third kappa shape index (κ3) is 2.14. The molecule has 1 aromatic carbocycles. The summed E-state index contributed by atoms with van der Waals surface area (Å²) in [5, 5.41) is 3.43. The molecule has 1 nitrogen and oxygen atoms in total. The van der Waals surface area contributed by atoms with Gasteiger partial charge in [-0.25, -0.2) is 4.39 Å². The lowest BCUT2D eigenvalue weighted by Gasteiger charge is -2.20. The van der Waals surface area contributed by atoms with Crippen molar-refractivity contribution in [3.8, 4) is 0 Å². The Bertz CT molecular complexity index is 499. The molecule has 0 spiro atoms. The van der Waals surface area contributed by atoms with Gasteiger partial charge in [0, 0.05) is 16.1 Å². The summed E-state index contributed by atoms with van der Waals surface area (Å²) in [5.41, 5.74) is 1.03. The van der Waals surface area contributed by atoms with Crippen molar-refractivity contribution < 1.29 is 4.39 Å². The molecule has 0 bridgehead atoms. The van der Waals surface area contributed by atoms with Crippen molar-refractivity contribution in [2.75, 3.05) is 7.05 Å². The summed E-state index contributed by atoms with van der Waals surface area (Å²) in [4.78, 5) is 0. The summed E-state index contributed by atoms with van der Waals surface area (Å²) >= 11 is 9.26. The molecule has 0 saturated heterocycles. The maximum Gasteiger partial charge on any atom is 0.147 e. The van der Waals surface area contributed by atoms with Crippen LogP contribution in [0.4, 0.5) is 4.39 Å². The number of nitrogens with one attached hydrogen (secondary N) is 1. The van der Waals surface area contributed by atoms with Gasteiger partial charge < -0.3 is 5.32 Å². The minimum Gasteiger partial charge on any atom is -0.313 e. The Morgan fingerprint density at radius 1 is 1.26 bits per heavy atom. The summed E-state index contributed by atoms with van der Waals surface area (Å²) in [7, 11) is 1.88. The van der Waals surface area contributed by atoms with Crippen LogP contribution in [-0.4, -0.2) is 7.05 Å². The maximum atomic E-state index is 14.4. The molecule has 1 atom stereocenters. The van der Waals surface area contributed by atoms with E-state index in [0.29, 0.717) is 16.0 Å². The van der Waals surface area contributed by atoms with E-state index in [0.717, 1.165) is 0 Å². The fraction of sp³-hybridized carbons (Fsp3) is 0.600. The molecule has 1 N–H and O–H groups in total. The van der Waals surface area contributed by atoms with Gasteiger partial charge in [-0.1, -0.05) is 45.4 Å². The molecule has 1 aromatic rings. The van der Waals surface area contributed by atoms with Crippen LogP contribution in [0.15, 0.2) is 16.6 Å². The zero-order valence-electron chi connectivity index (χ0n) is 11.9. The molecule has 2 rings (SSSR count). The molecule has 0 amide bonds. The van der Waals surface area contributed by atoms with E-state index in [2.05, 4.69) is 48.9 Å². The Labute approximate surface area is 128 Å². The van der Waals surface area contributed by atoms with Crippen molar-refractivity contribution in [3.05, 3.63) is 33.0 Å². The number of halogens is 3. The number of hydrogen-bond donors (Lipinski definition) is 1. The maximum absolute atomic E-state index is 14.4. The summed E-state index contributed by atoms with van der Waals surface area (Å²) in [6.07, 6.45) is 0. The second-order valence-electron chi connectivity index (χ2n) is 6.45. The molecule has 1 saturated carbocycles. The molecule has 1 fully saturated rings. The molecule has 1 unspecified atom stereocenters. The standard InChI is InChI=1S/C15H20BrClFN/c1-14(2)13(15(14,3)4)12(19-5)8-6-7-9(16)10(17)11(8)18/h6-7,12-13,19H,1-5H3. The van der Waals surface area contributed by atoms with Crippen molar-refractivity contribution in [2.45, 2.75) is 33.7 Å². The van der Waals surface area contributed by atoms with Gasteiger partial charge in [0.1, 0.15) is 5.82 Å². The normalized spacial score (nSPS) is 22.3. The molecule has 0 radical (unpaired) electrons. The average Bonchev–Trinajstić information content (AvgIpc) is 2.72. The minimum absolute atomic E-state index is 0.0180. The second kappa shape index (κ2) is 4.71. The fourth-order valence-corrected chi connectivity index (χ4v) is 3.84. The zero-order chi connectivity index (χ0) is 14.6. The van der Waals surface area contributed by atoms with Gasteiger partial charge in [-0.3, -0.25) is 0 Å². The van der Waals surface area contributed by atoms with E-state index in [1.807, 2.05) is 19.2 Å². The van der Waals surface area contributed by atoms with Crippen LogP contribution in [0.1, 0.15) is 39.3 Å². The summed E-state index contributed by atoms with van der Waals surface area (Å²) in [6, 6.07) is 3.61. The van der Waals surface area contributed by atoms with E-state index < -0.39 is 0 Å². The molecule has 0 aromatic heterocycles. The first-order chi connectivity index (χ1) is 8.66. The van der Waals surface area contributed by atoms with E-state index in [1.165, 1.54) is 0 Å². The largest absolute Gasteiger partial charge is 0.313 e. The Balaban J connectivity index is 2.43. The Kier molecular flexibility index (Phi) is 3.79. The van der Waals surface area contributed by atoms with Crippen molar-refractivity contribution >= 4 is 27.5 Å². The van der Waals surface area contributed by atoms with Crippen LogP contribution >= 0.6 is 27.5 Å². The molecule has 0 heterocycles. The average molecular weight is 349 g/mol. The lowest BCUT2D eigenvalue weighted by atomic mass is 9.96. The SMILES string of the molecule is CNC(c1ccc(Br)c(Cl)c1F)C1C(C)(C)C1(C)C. The van der Waals surface area contributed by atoms with Gasteiger partial charge in [0.15, 0.2) is 0 Å². The van der Waals surface area contributed by atoms with Crippen LogP contribution in [-0.2, 0) is 0 Å². The molecular weight excluding hydrogens is 329 g/mol. The highest BCUT2D eigenvalue weighted by Crippen LogP contribution is 2.72. The lowest BCUT2D eigenvalue weighted by molar-refractivity contribution is 0.421. The topological polar surface area (TPSA) is 12.0 Å². The predicted octanol–water partition coefficient (Wildman–Crippen LogP) is 5.18. The van der Waals surface area contributed by atoms with E-state index in [1.54, 1.807) is 0 Å². The molecular formula is C15H20BrClFN. The van der Waals surface area contributed by atoms with E-state index >= 15 is 0 Å². The van der Waals surface area contributed by atoms with Crippen LogP contribution in [0.2, 0.25) is 5.02 Å². The second-order valence-corrected chi connectivity index (χ2v) is 7.68. The molecule has 106 valence electrons. The van der Waals surface area contributed by atoms with Crippen molar-refractivity contribution in [1.82, 2.24) is 5.32 Å². The van der Waals surface area contributed by atoms with E-state index in [9.17, 15) is 4.39 Å². The predicted molar refractivity (Wildman–Crippen MR) is 82.0 cm³/mol. The van der Waals surface area contributed by atoms with Gasteiger partial charge >= 0.3 is 0 Å². The van der Waals surface area contributed by atoms with Crippen LogP contribution in [0, 0.1) is 22.6 Å². The summed E-state index contributed by atoms with van der Waals surface area (Å²) in [5.74, 6) is 0.0608. The number of rotatable bonds is 3. The van der Waals surface area contributed by atoms with E-state index in [4.69, 9.17) is 11.6 Å². The molecule has 1 aliphatic carbocycles. The van der Waals surface area contributed by atoms with Gasteiger partial charge in [-0.2, -0.15) is 0 Å². The molecule has 0 aliphatic heterocycles. The number of hydrogen-bond acceptors (Lipinski definition) is 1. The van der Waals surface area contributed by atoms with Gasteiger partial charge in [0.25, 0.3) is 0 Å². The number of benzene rings is 1. The van der Waals surface area contributed by atoms with Crippen LogP contribution in [0.3, 0.4) is 0 Å². The summed E-state index contributed by atoms with van der Waals surface area (Å²) < 4.78 is 15.0. The van der Waals surface area contributed by atoms with Gasteiger partial charge in [-0.05, 0) is 45.8 Å². The summed E-state index contributed by atoms with van der Waals surface area (Å²) in [6.45, 7) is 8.95. The van der Waals surface area contributed by atoms with E-state index in [-0.39, 0.29) is 27.7 Å². The highest BCUT2D eigenvalue weighted by molar-refractivity contribution is 9.10. The van der Waals surface area contributed by atoms with Gasteiger partial charge in [0.05, 0.1) is 5.02 Å². The van der Waals surface area contributed by atoms with Crippen LogP contribution < -0.4 is 5.32 Å². The monoisotopic (exact) mass is 347 g/mol. The Morgan fingerprint density at radius 2 is 1.79 bits per heavy atom.